The van der Waals surface area contributed by atoms with Crippen LogP contribution < -0.4 is 15.1 Å². The second-order valence-corrected chi connectivity index (χ2v) is 10.6. The summed E-state index contributed by atoms with van der Waals surface area (Å²) in [6.45, 7) is 7.76. The van der Waals surface area contributed by atoms with Crippen LogP contribution in [0.4, 0.5) is 11.4 Å². The number of hydrogen-bond donors (Lipinski definition) is 1. The Balaban J connectivity index is 1.41. The number of benzene rings is 2. The lowest BCUT2D eigenvalue weighted by atomic mass is 9.96. The van der Waals surface area contributed by atoms with E-state index in [9.17, 15) is 0 Å². The maximum atomic E-state index is 6.22. The van der Waals surface area contributed by atoms with Gasteiger partial charge in [0.25, 0.3) is 0 Å². The zero-order valence-corrected chi connectivity index (χ0v) is 23.0. The second kappa shape index (κ2) is 10.4. The molecule has 194 valence electrons. The van der Waals surface area contributed by atoms with Gasteiger partial charge in [0.05, 0.1) is 31.0 Å². The van der Waals surface area contributed by atoms with E-state index in [0.29, 0.717) is 10.1 Å². The minimum absolute atomic E-state index is 0.0776. The highest BCUT2D eigenvalue weighted by Crippen LogP contribution is 2.44. The van der Waals surface area contributed by atoms with Crippen LogP contribution in [0.5, 0.6) is 0 Å². The molecule has 0 spiro atoms. The highest BCUT2D eigenvalue weighted by atomic mass is 35.5. The molecule has 2 aromatic heterocycles. The number of nitrogens with zero attached hydrogens (tertiary/aromatic N) is 4. The lowest BCUT2D eigenvalue weighted by Gasteiger charge is -2.29. The Bertz CT molecular complexity index is 1430. The Kier molecular flexibility index (Phi) is 6.82. The first-order valence-corrected chi connectivity index (χ1v) is 13.7. The number of rotatable bonds is 5. The van der Waals surface area contributed by atoms with Gasteiger partial charge >= 0.3 is 0 Å². The highest BCUT2D eigenvalue weighted by molar-refractivity contribution is 7.80. The first-order chi connectivity index (χ1) is 18.5. The predicted molar refractivity (Wildman–Crippen MR) is 158 cm³/mol. The Morgan fingerprint density at radius 2 is 1.61 bits per heavy atom. The largest absolute Gasteiger partial charge is 0.378 e. The second-order valence-electron chi connectivity index (χ2n) is 9.75. The number of morpholine rings is 1. The van der Waals surface area contributed by atoms with Gasteiger partial charge in [-0.1, -0.05) is 17.7 Å². The highest BCUT2D eigenvalue weighted by Gasteiger charge is 2.42. The van der Waals surface area contributed by atoms with Crippen molar-refractivity contribution in [1.29, 1.82) is 0 Å². The van der Waals surface area contributed by atoms with Gasteiger partial charge in [-0.15, -0.1) is 0 Å². The average Bonchev–Trinajstić information content (AvgIpc) is 3.45. The minimum Gasteiger partial charge on any atom is -0.378 e. The van der Waals surface area contributed by atoms with Gasteiger partial charge < -0.3 is 24.4 Å². The summed E-state index contributed by atoms with van der Waals surface area (Å²) >= 11 is 12.1. The Morgan fingerprint density at radius 3 is 2.29 bits per heavy atom. The van der Waals surface area contributed by atoms with Gasteiger partial charge in [-0.2, -0.15) is 0 Å². The summed E-state index contributed by atoms with van der Waals surface area (Å²) in [7, 11) is 0. The lowest BCUT2D eigenvalue weighted by molar-refractivity contribution is 0.122. The van der Waals surface area contributed by atoms with E-state index in [1.807, 2.05) is 42.6 Å². The normalized spacial score (nSPS) is 19.6. The third kappa shape index (κ3) is 4.55. The molecule has 0 amide bonds. The maximum absolute atomic E-state index is 6.22. The summed E-state index contributed by atoms with van der Waals surface area (Å²) in [4.78, 5) is 9.26. The Hall–Kier alpha value is -3.39. The summed E-state index contributed by atoms with van der Waals surface area (Å²) in [5.41, 5.74) is 7.88. The SMILES string of the molecule is Cc1cc([C@H]2[C@H](c3ccccn3)NC(=S)N2c2ccc(Cl)cc2)c(C)n1-c1ccc(N2CCOCC2)cc1. The van der Waals surface area contributed by atoms with E-state index >= 15 is 0 Å². The van der Waals surface area contributed by atoms with Crippen molar-refractivity contribution in [1.82, 2.24) is 14.9 Å². The van der Waals surface area contributed by atoms with Crippen molar-refractivity contribution < 1.29 is 4.74 Å². The molecule has 0 aliphatic carbocycles. The van der Waals surface area contributed by atoms with Gasteiger partial charge in [0, 0.05) is 52.8 Å². The number of thiocarbonyl (C=S) groups is 1. The van der Waals surface area contributed by atoms with Crippen molar-refractivity contribution in [2.45, 2.75) is 25.9 Å². The summed E-state index contributed by atoms with van der Waals surface area (Å²) in [6, 6.07) is 24.8. The molecule has 0 radical (unpaired) electrons. The molecule has 8 heteroatoms. The van der Waals surface area contributed by atoms with Gasteiger partial charge in [-0.3, -0.25) is 4.98 Å². The fourth-order valence-electron chi connectivity index (χ4n) is 5.67. The first-order valence-electron chi connectivity index (χ1n) is 12.9. The molecule has 0 bridgehead atoms. The fourth-order valence-corrected chi connectivity index (χ4v) is 6.14. The number of aromatic nitrogens is 2. The smallest absolute Gasteiger partial charge is 0.174 e. The van der Waals surface area contributed by atoms with Crippen molar-refractivity contribution >= 4 is 40.3 Å². The van der Waals surface area contributed by atoms with Crippen LogP contribution in [0.25, 0.3) is 5.69 Å². The molecule has 38 heavy (non-hydrogen) atoms. The van der Waals surface area contributed by atoms with Crippen LogP contribution in [0.2, 0.25) is 5.02 Å². The van der Waals surface area contributed by atoms with Gasteiger partial charge in [-0.05, 0) is 98.4 Å². The quantitative estimate of drug-likeness (QED) is 0.304. The van der Waals surface area contributed by atoms with E-state index in [1.54, 1.807) is 0 Å². The van der Waals surface area contributed by atoms with E-state index in [2.05, 4.69) is 69.9 Å². The van der Waals surface area contributed by atoms with Gasteiger partial charge in [0.1, 0.15) is 0 Å². The van der Waals surface area contributed by atoms with Crippen LogP contribution >= 0.6 is 23.8 Å². The summed E-state index contributed by atoms with van der Waals surface area (Å²) in [6.07, 6.45) is 1.83. The molecule has 6 nitrogen and oxygen atoms in total. The Labute approximate surface area is 233 Å². The summed E-state index contributed by atoms with van der Waals surface area (Å²) < 4.78 is 7.85. The third-order valence-electron chi connectivity index (χ3n) is 7.48. The number of ether oxygens (including phenoxy) is 1. The number of pyridine rings is 1. The van der Waals surface area contributed by atoms with Crippen molar-refractivity contribution in [2.75, 3.05) is 36.1 Å². The van der Waals surface area contributed by atoms with Crippen molar-refractivity contribution in [2.24, 2.45) is 0 Å². The molecule has 6 rings (SSSR count). The molecular formula is C30H30ClN5OS. The van der Waals surface area contributed by atoms with Crippen LogP contribution in [0.3, 0.4) is 0 Å². The third-order valence-corrected chi connectivity index (χ3v) is 8.04. The topological polar surface area (TPSA) is 45.6 Å². The minimum atomic E-state index is -0.1000. The molecule has 4 heterocycles. The van der Waals surface area contributed by atoms with Crippen LogP contribution in [-0.2, 0) is 4.74 Å². The molecule has 2 fully saturated rings. The van der Waals surface area contributed by atoms with Crippen LogP contribution in [0.15, 0.2) is 79.0 Å². The molecule has 4 aromatic rings. The molecule has 2 aliphatic heterocycles. The predicted octanol–water partition coefficient (Wildman–Crippen LogP) is 6.16. The van der Waals surface area contributed by atoms with Crippen LogP contribution in [0, 0.1) is 13.8 Å². The average molecular weight is 544 g/mol. The van der Waals surface area contributed by atoms with Crippen molar-refractivity contribution in [3.8, 4) is 5.69 Å². The van der Waals surface area contributed by atoms with Crippen LogP contribution in [0.1, 0.15) is 34.7 Å². The molecule has 2 saturated heterocycles. The molecule has 2 aliphatic rings. The van der Waals surface area contributed by atoms with E-state index in [0.717, 1.165) is 43.4 Å². The van der Waals surface area contributed by atoms with Gasteiger partial charge in [0.15, 0.2) is 5.11 Å². The summed E-state index contributed by atoms with van der Waals surface area (Å²) in [5, 5.41) is 4.93. The fraction of sp³-hybridized carbons (Fsp3) is 0.267. The molecule has 2 atom stereocenters. The van der Waals surface area contributed by atoms with Gasteiger partial charge in [-0.25, -0.2) is 0 Å². The van der Waals surface area contributed by atoms with E-state index in [-0.39, 0.29) is 12.1 Å². The number of nitrogens with one attached hydrogen (secondary N) is 1. The van der Waals surface area contributed by atoms with Crippen molar-refractivity contribution in [3.05, 3.63) is 107 Å². The van der Waals surface area contributed by atoms with Gasteiger partial charge in [0.2, 0.25) is 0 Å². The van der Waals surface area contributed by atoms with Crippen molar-refractivity contribution in [3.63, 3.8) is 0 Å². The first kappa shape index (κ1) is 24.9. The number of hydrogen-bond acceptors (Lipinski definition) is 4. The van der Waals surface area contributed by atoms with E-state index in [1.165, 1.54) is 22.6 Å². The lowest BCUT2D eigenvalue weighted by Crippen LogP contribution is -2.36. The van der Waals surface area contributed by atoms with E-state index in [4.69, 9.17) is 33.5 Å². The maximum Gasteiger partial charge on any atom is 0.174 e. The zero-order valence-electron chi connectivity index (χ0n) is 21.5. The standard InChI is InChI=1S/C30H30ClN5OS/c1-20-19-26(21(2)35(20)24-12-10-23(11-13-24)34-15-17-37-18-16-34)29-28(27-5-3-4-14-32-27)33-30(38)36(29)25-8-6-22(31)7-9-25/h3-14,19,28-29H,15-18H2,1-2H3,(H,33,38)/t28-,29-/m0/s1. The Morgan fingerprint density at radius 1 is 0.921 bits per heavy atom. The number of aryl methyl sites for hydroxylation is 1. The molecular weight excluding hydrogens is 514 g/mol. The summed E-state index contributed by atoms with van der Waals surface area (Å²) in [5.74, 6) is 0. The van der Waals surface area contributed by atoms with Crippen LogP contribution in [-0.4, -0.2) is 41.0 Å². The van der Waals surface area contributed by atoms with E-state index < -0.39 is 0 Å². The molecule has 1 N–H and O–H groups in total. The number of anilines is 2. The molecule has 2 aromatic carbocycles. The molecule has 0 saturated carbocycles. The number of halogens is 1. The zero-order chi connectivity index (χ0) is 26.2. The monoisotopic (exact) mass is 543 g/mol. The molecule has 0 unspecified atom stereocenters.